The zero-order chi connectivity index (χ0) is 28.0. The van der Waals surface area contributed by atoms with Gasteiger partial charge >= 0.3 is 0 Å². The van der Waals surface area contributed by atoms with Crippen LogP contribution in [0.15, 0.2) is 91.5 Å². The highest BCUT2D eigenvalue weighted by atomic mass is 16.5. The van der Waals surface area contributed by atoms with Gasteiger partial charge in [0.05, 0.1) is 17.2 Å². The Morgan fingerprint density at radius 1 is 1.00 bits per heavy atom. The lowest BCUT2D eigenvalue weighted by atomic mass is 9.77. The summed E-state index contributed by atoms with van der Waals surface area (Å²) in [5.41, 5.74) is 2.57. The van der Waals surface area contributed by atoms with Gasteiger partial charge in [0.1, 0.15) is 5.75 Å². The van der Waals surface area contributed by atoms with E-state index in [1.165, 1.54) is 0 Å². The third-order valence-electron chi connectivity index (χ3n) is 8.19. The SMILES string of the molecule is C=C(C)Oc1ccc(CN2CCC3(CCN(CCC(NC(=O)c4ccncc4)c4ccccc4)CC3)C2=O)cc1. The molecule has 7 nitrogen and oxygen atoms in total. The van der Waals surface area contributed by atoms with Crippen molar-refractivity contribution >= 4 is 11.8 Å². The molecular formula is C33H38N4O3. The van der Waals surface area contributed by atoms with Crippen molar-refractivity contribution in [2.45, 2.75) is 45.2 Å². The average Bonchev–Trinajstić information content (AvgIpc) is 3.27. The van der Waals surface area contributed by atoms with Gasteiger partial charge in [-0.1, -0.05) is 49.0 Å². The molecule has 0 bridgehead atoms. The minimum Gasteiger partial charge on any atom is -0.463 e. The van der Waals surface area contributed by atoms with E-state index >= 15 is 0 Å². The van der Waals surface area contributed by atoms with Crippen molar-refractivity contribution in [3.63, 3.8) is 0 Å². The number of rotatable bonds is 10. The standard InChI is InChI=1S/C33H38N4O3/c1-25(2)40-29-10-8-26(9-11-29)24-37-23-17-33(32(37)39)15-21-36(22-16-33)20-14-30(27-6-4-3-5-7-27)35-31(38)28-12-18-34-19-13-28/h3-13,18-19,30H,1,14-17,20-24H2,2H3,(H,35,38). The predicted octanol–water partition coefficient (Wildman–Crippen LogP) is 5.37. The smallest absolute Gasteiger partial charge is 0.251 e. The second kappa shape index (κ2) is 12.5. The highest BCUT2D eigenvalue weighted by Crippen LogP contribution is 2.42. The summed E-state index contributed by atoms with van der Waals surface area (Å²) in [6.07, 6.45) is 6.76. The topological polar surface area (TPSA) is 74.8 Å². The molecule has 1 atom stereocenters. The van der Waals surface area contributed by atoms with Crippen LogP contribution < -0.4 is 10.1 Å². The first-order chi connectivity index (χ1) is 19.4. The molecule has 208 valence electrons. The van der Waals surface area contributed by atoms with Gasteiger partial charge < -0.3 is 19.9 Å². The van der Waals surface area contributed by atoms with Gasteiger partial charge in [-0.15, -0.1) is 0 Å². The summed E-state index contributed by atoms with van der Waals surface area (Å²) in [4.78, 5) is 34.9. The maximum absolute atomic E-state index is 13.5. The number of piperidine rings is 1. The Balaban J connectivity index is 1.14. The summed E-state index contributed by atoms with van der Waals surface area (Å²) in [6, 6.07) is 21.4. The molecule has 40 heavy (non-hydrogen) atoms. The largest absolute Gasteiger partial charge is 0.463 e. The molecule has 0 aliphatic carbocycles. The summed E-state index contributed by atoms with van der Waals surface area (Å²) in [5.74, 6) is 1.62. The highest BCUT2D eigenvalue weighted by molar-refractivity contribution is 5.94. The number of nitrogens with one attached hydrogen (secondary N) is 1. The van der Waals surface area contributed by atoms with Gasteiger partial charge in [0.2, 0.25) is 5.91 Å². The molecule has 2 aliphatic rings. The van der Waals surface area contributed by atoms with E-state index in [0.717, 1.165) is 68.7 Å². The minimum atomic E-state index is -0.242. The molecule has 5 rings (SSSR count). The summed E-state index contributed by atoms with van der Waals surface area (Å²) in [6.45, 7) is 9.70. The normalized spacial score (nSPS) is 17.5. The van der Waals surface area contributed by atoms with Gasteiger partial charge in [-0.25, -0.2) is 0 Å². The van der Waals surface area contributed by atoms with Crippen LogP contribution in [0.5, 0.6) is 5.75 Å². The molecule has 2 saturated heterocycles. The maximum atomic E-state index is 13.5. The Bertz CT molecular complexity index is 1300. The molecule has 3 aromatic rings. The van der Waals surface area contributed by atoms with Gasteiger partial charge in [0.15, 0.2) is 0 Å². The molecule has 7 heteroatoms. The van der Waals surface area contributed by atoms with Crippen LogP contribution >= 0.6 is 0 Å². The van der Waals surface area contributed by atoms with Crippen molar-refractivity contribution in [3.05, 3.63) is 108 Å². The molecule has 1 N–H and O–H groups in total. The summed E-state index contributed by atoms with van der Waals surface area (Å²) >= 11 is 0. The first-order valence-electron chi connectivity index (χ1n) is 14.1. The van der Waals surface area contributed by atoms with Crippen molar-refractivity contribution in [2.24, 2.45) is 5.41 Å². The Kier molecular flexibility index (Phi) is 8.60. The van der Waals surface area contributed by atoms with E-state index < -0.39 is 0 Å². The molecule has 0 radical (unpaired) electrons. The zero-order valence-electron chi connectivity index (χ0n) is 23.2. The highest BCUT2D eigenvalue weighted by Gasteiger charge is 2.47. The number of allylic oxidation sites excluding steroid dienone is 1. The van der Waals surface area contributed by atoms with Crippen molar-refractivity contribution < 1.29 is 14.3 Å². The van der Waals surface area contributed by atoms with Crippen molar-refractivity contribution in [2.75, 3.05) is 26.2 Å². The van der Waals surface area contributed by atoms with Crippen LogP contribution in [0.25, 0.3) is 0 Å². The number of amides is 2. The molecule has 1 spiro atoms. The molecular weight excluding hydrogens is 500 g/mol. The first-order valence-corrected chi connectivity index (χ1v) is 14.1. The molecule has 1 unspecified atom stereocenters. The molecule has 3 heterocycles. The number of carbonyl (C=O) groups excluding carboxylic acids is 2. The molecule has 0 saturated carbocycles. The van der Waals surface area contributed by atoms with E-state index in [1.54, 1.807) is 24.5 Å². The molecule has 2 aliphatic heterocycles. The molecule has 2 aromatic carbocycles. The number of hydrogen-bond donors (Lipinski definition) is 1. The minimum absolute atomic E-state index is 0.0893. The number of ether oxygens (including phenoxy) is 1. The van der Waals surface area contributed by atoms with Gasteiger partial charge in [0, 0.05) is 37.6 Å². The fourth-order valence-corrected chi connectivity index (χ4v) is 5.86. The van der Waals surface area contributed by atoms with Crippen molar-refractivity contribution in [1.82, 2.24) is 20.1 Å². The van der Waals surface area contributed by atoms with Gasteiger partial charge in [-0.05, 0) is 81.1 Å². The van der Waals surface area contributed by atoms with Gasteiger partial charge in [0.25, 0.3) is 5.91 Å². The lowest BCUT2D eigenvalue weighted by molar-refractivity contribution is -0.138. The quantitative estimate of drug-likeness (QED) is 0.351. The van der Waals surface area contributed by atoms with Crippen LogP contribution in [0.4, 0.5) is 0 Å². The van der Waals surface area contributed by atoms with E-state index in [4.69, 9.17) is 4.74 Å². The fraction of sp³-hybridized carbons (Fsp3) is 0.364. The van der Waals surface area contributed by atoms with E-state index in [0.29, 0.717) is 23.8 Å². The lowest BCUT2D eigenvalue weighted by Gasteiger charge is -2.38. The summed E-state index contributed by atoms with van der Waals surface area (Å²) in [7, 11) is 0. The van der Waals surface area contributed by atoms with Gasteiger partial charge in [-0.2, -0.15) is 0 Å². The van der Waals surface area contributed by atoms with E-state index in [9.17, 15) is 9.59 Å². The van der Waals surface area contributed by atoms with E-state index in [1.807, 2.05) is 54.3 Å². The number of carbonyl (C=O) groups is 2. The number of hydrogen-bond acceptors (Lipinski definition) is 5. The van der Waals surface area contributed by atoms with Crippen molar-refractivity contribution in [1.29, 1.82) is 0 Å². The van der Waals surface area contributed by atoms with Crippen LogP contribution in [-0.4, -0.2) is 52.8 Å². The fourth-order valence-electron chi connectivity index (χ4n) is 5.86. The Hall–Kier alpha value is -3.97. The average molecular weight is 539 g/mol. The Morgan fingerprint density at radius 3 is 2.35 bits per heavy atom. The zero-order valence-corrected chi connectivity index (χ0v) is 23.2. The van der Waals surface area contributed by atoms with E-state index in [2.05, 4.69) is 33.9 Å². The third-order valence-corrected chi connectivity index (χ3v) is 8.19. The molecule has 2 fully saturated rings. The van der Waals surface area contributed by atoms with Crippen LogP contribution in [0, 0.1) is 5.41 Å². The first kappa shape index (κ1) is 27.6. The lowest BCUT2D eigenvalue weighted by Crippen LogP contribution is -2.45. The van der Waals surface area contributed by atoms with Gasteiger partial charge in [-0.3, -0.25) is 14.6 Å². The van der Waals surface area contributed by atoms with Crippen LogP contribution in [0.3, 0.4) is 0 Å². The van der Waals surface area contributed by atoms with Crippen LogP contribution in [-0.2, 0) is 11.3 Å². The van der Waals surface area contributed by atoms with Crippen LogP contribution in [0.2, 0.25) is 0 Å². The summed E-state index contributed by atoms with van der Waals surface area (Å²) < 4.78 is 5.56. The molecule has 2 amide bonds. The number of aromatic nitrogens is 1. The number of nitrogens with zero attached hydrogens (tertiary/aromatic N) is 3. The predicted molar refractivity (Wildman–Crippen MR) is 156 cm³/mol. The van der Waals surface area contributed by atoms with Crippen molar-refractivity contribution in [3.8, 4) is 5.75 Å². The number of likely N-dealkylation sites (tertiary alicyclic amines) is 2. The number of benzene rings is 2. The second-order valence-electron chi connectivity index (χ2n) is 11.0. The Labute approximate surface area is 236 Å². The third kappa shape index (κ3) is 6.59. The monoisotopic (exact) mass is 538 g/mol. The van der Waals surface area contributed by atoms with Crippen LogP contribution in [0.1, 0.15) is 60.1 Å². The second-order valence-corrected chi connectivity index (χ2v) is 11.0. The Morgan fingerprint density at radius 2 is 1.68 bits per heavy atom. The maximum Gasteiger partial charge on any atom is 0.251 e. The number of pyridine rings is 1. The summed E-state index contributed by atoms with van der Waals surface area (Å²) in [5, 5.41) is 3.22. The molecule has 1 aromatic heterocycles. The van der Waals surface area contributed by atoms with E-state index in [-0.39, 0.29) is 17.4 Å².